The van der Waals surface area contributed by atoms with Gasteiger partial charge in [0.1, 0.15) is 69.9 Å². The van der Waals surface area contributed by atoms with Crippen LogP contribution in [0.5, 0.6) is 0 Å². The predicted octanol–water partition coefficient (Wildman–Crippen LogP) is 3.03. The first kappa shape index (κ1) is 46.9. The summed E-state index contributed by atoms with van der Waals surface area (Å²) in [5.74, 6) is -0.990. The van der Waals surface area contributed by atoms with Crippen LogP contribution in [0.25, 0.3) is 10.4 Å². The molecule has 1 amide bonds. The SMILES string of the molecule is COCO[C@@H]1[C@@H](OCc2ccccc2)[C@H](OCOC)[C@@H](CN=[N+]=[N-])O[C@@H]1CC(=O)NC[C@H]1O[C@H](CC(=O)OC)[C@H](OCOC)[C@@H](OCc2ccccc2)[C@@H]1OCOC. The Hall–Kier alpha value is -3.79. The van der Waals surface area contributed by atoms with Crippen LogP contribution in [0.3, 0.4) is 0 Å². The molecule has 0 spiro atoms. The van der Waals surface area contributed by atoms with Gasteiger partial charge in [0.25, 0.3) is 0 Å². The standard InChI is InChI=1S/C39H56N4O15/c1-46-22-53-34-28(57-31(19-42-43-40)37(56-25-49-4)38(34)51-20-26-12-8-6-9-13-26)16-32(44)41-18-30-36(55-24-48-3)39(52-21-27-14-10-7-11-15-27)35(54-23-47-2)29(58-30)17-33(45)50-5/h6-15,28-31,34-39H,16-25H2,1-5H3,(H,41,44)/t28-,29-,30-,31-,34+,35+,36-,37-,38-,39-/m1/s1. The Labute approximate surface area is 338 Å². The minimum atomic E-state index is -0.925. The van der Waals surface area contributed by atoms with Crippen molar-refractivity contribution >= 4 is 11.9 Å². The number of nitrogens with one attached hydrogen (secondary N) is 1. The molecule has 19 heteroatoms. The fourth-order valence-electron chi connectivity index (χ4n) is 6.76. The second kappa shape index (κ2) is 26.3. The number of hydrogen-bond donors (Lipinski definition) is 1. The molecule has 58 heavy (non-hydrogen) atoms. The third-order valence-corrected chi connectivity index (χ3v) is 9.35. The van der Waals surface area contributed by atoms with Gasteiger partial charge >= 0.3 is 5.97 Å². The highest BCUT2D eigenvalue weighted by Crippen LogP contribution is 2.33. The van der Waals surface area contributed by atoms with E-state index in [-0.39, 0.29) is 66.3 Å². The molecule has 4 rings (SSSR count). The third-order valence-electron chi connectivity index (χ3n) is 9.35. The van der Waals surface area contributed by atoms with Crippen LogP contribution in [0, 0.1) is 0 Å². The minimum absolute atomic E-state index is 0.0843. The topological polar surface area (TPSA) is 215 Å². The molecule has 0 aromatic heterocycles. The van der Waals surface area contributed by atoms with E-state index in [0.717, 1.165) is 11.1 Å². The van der Waals surface area contributed by atoms with Crippen molar-refractivity contribution in [2.45, 2.75) is 87.1 Å². The Kier molecular flexibility index (Phi) is 21.3. The lowest BCUT2D eigenvalue weighted by molar-refractivity contribution is -0.282. The minimum Gasteiger partial charge on any atom is -0.469 e. The van der Waals surface area contributed by atoms with E-state index < -0.39 is 72.9 Å². The van der Waals surface area contributed by atoms with E-state index in [4.69, 9.17) is 61.6 Å². The first-order chi connectivity index (χ1) is 28.4. The molecule has 1 N–H and O–H groups in total. The Morgan fingerprint density at radius 3 is 1.48 bits per heavy atom. The van der Waals surface area contributed by atoms with Gasteiger partial charge in [-0.3, -0.25) is 9.59 Å². The molecule has 0 saturated carbocycles. The molecule has 10 atom stereocenters. The number of carbonyl (C=O) groups excluding carboxylic acids is 2. The summed E-state index contributed by atoms with van der Waals surface area (Å²) in [6, 6.07) is 19.0. The maximum Gasteiger partial charge on any atom is 0.308 e. The first-order valence-electron chi connectivity index (χ1n) is 18.8. The zero-order valence-electron chi connectivity index (χ0n) is 33.6. The van der Waals surface area contributed by atoms with Gasteiger partial charge in [0.2, 0.25) is 5.91 Å². The summed E-state index contributed by atoms with van der Waals surface area (Å²) >= 11 is 0. The van der Waals surface area contributed by atoms with Crippen molar-refractivity contribution in [1.29, 1.82) is 0 Å². The molecule has 2 saturated heterocycles. The summed E-state index contributed by atoms with van der Waals surface area (Å²) in [4.78, 5) is 29.5. The monoisotopic (exact) mass is 820 g/mol. The molecule has 2 aliphatic heterocycles. The van der Waals surface area contributed by atoms with Crippen LogP contribution in [0.1, 0.15) is 24.0 Å². The molecule has 0 radical (unpaired) electrons. The molecule has 0 unspecified atom stereocenters. The molecule has 0 bridgehead atoms. The largest absolute Gasteiger partial charge is 0.469 e. The van der Waals surface area contributed by atoms with Gasteiger partial charge in [0.05, 0.1) is 58.0 Å². The van der Waals surface area contributed by atoms with Gasteiger partial charge in [-0.05, 0) is 16.7 Å². The predicted molar refractivity (Wildman–Crippen MR) is 203 cm³/mol. The fraction of sp³-hybridized carbons (Fsp3) is 0.641. The highest BCUT2D eigenvalue weighted by molar-refractivity contribution is 5.76. The lowest BCUT2D eigenvalue weighted by atomic mass is 9.91. The van der Waals surface area contributed by atoms with Gasteiger partial charge in [-0.2, -0.15) is 0 Å². The second-order valence-corrected chi connectivity index (χ2v) is 13.3. The Bertz CT molecular complexity index is 1510. The molecule has 19 nitrogen and oxygen atoms in total. The second-order valence-electron chi connectivity index (χ2n) is 13.3. The number of azide groups is 1. The van der Waals surface area contributed by atoms with E-state index in [1.165, 1.54) is 35.5 Å². The number of esters is 1. The third kappa shape index (κ3) is 14.5. The number of ether oxygens (including phenoxy) is 13. The van der Waals surface area contributed by atoms with Gasteiger partial charge in [0, 0.05) is 39.9 Å². The maximum absolute atomic E-state index is 13.9. The quantitative estimate of drug-likeness (QED) is 0.0475. The molecule has 2 fully saturated rings. The summed E-state index contributed by atoms with van der Waals surface area (Å²) in [6.45, 7) is -0.394. The lowest BCUT2D eigenvalue weighted by Crippen LogP contribution is -2.63. The molecule has 2 aliphatic rings. The zero-order valence-corrected chi connectivity index (χ0v) is 33.6. The number of nitrogens with zero attached hydrogens (tertiary/aromatic N) is 3. The summed E-state index contributed by atoms with van der Waals surface area (Å²) in [7, 11) is 7.17. The van der Waals surface area contributed by atoms with E-state index in [2.05, 4.69) is 15.3 Å². The van der Waals surface area contributed by atoms with E-state index in [1.54, 1.807) is 0 Å². The molecule has 322 valence electrons. The number of carbonyl (C=O) groups is 2. The van der Waals surface area contributed by atoms with Crippen LogP contribution >= 0.6 is 0 Å². The number of amides is 1. The van der Waals surface area contributed by atoms with Crippen molar-refractivity contribution in [3.63, 3.8) is 0 Å². The van der Waals surface area contributed by atoms with Gasteiger partial charge in [-0.1, -0.05) is 65.8 Å². The molecule has 0 aliphatic carbocycles. The zero-order chi connectivity index (χ0) is 41.5. The van der Waals surface area contributed by atoms with Gasteiger partial charge in [-0.15, -0.1) is 0 Å². The van der Waals surface area contributed by atoms with Crippen molar-refractivity contribution in [3.8, 4) is 0 Å². The van der Waals surface area contributed by atoms with E-state index in [0.29, 0.717) is 0 Å². The Morgan fingerprint density at radius 1 is 0.603 bits per heavy atom. The summed E-state index contributed by atoms with van der Waals surface area (Å²) < 4.78 is 76.1. The van der Waals surface area contributed by atoms with Crippen LogP contribution < -0.4 is 5.32 Å². The highest BCUT2D eigenvalue weighted by atomic mass is 16.7. The highest BCUT2D eigenvalue weighted by Gasteiger charge is 2.51. The molecular formula is C39H56N4O15. The summed E-state index contributed by atoms with van der Waals surface area (Å²) in [6.07, 6.45) is -8.98. The van der Waals surface area contributed by atoms with Crippen molar-refractivity contribution in [3.05, 3.63) is 82.2 Å². The van der Waals surface area contributed by atoms with E-state index in [1.807, 2.05) is 60.7 Å². The van der Waals surface area contributed by atoms with Crippen LogP contribution in [0.2, 0.25) is 0 Å². The van der Waals surface area contributed by atoms with Crippen molar-refractivity contribution < 1.29 is 71.2 Å². The molecule has 2 aromatic rings. The van der Waals surface area contributed by atoms with Crippen molar-refractivity contribution in [2.24, 2.45) is 5.11 Å². The number of benzene rings is 2. The van der Waals surface area contributed by atoms with Gasteiger partial charge in [0.15, 0.2) is 0 Å². The summed E-state index contributed by atoms with van der Waals surface area (Å²) in [5, 5.41) is 6.68. The van der Waals surface area contributed by atoms with Crippen LogP contribution in [0.4, 0.5) is 0 Å². The fourth-order valence-corrected chi connectivity index (χ4v) is 6.76. The Morgan fingerprint density at radius 2 is 1.03 bits per heavy atom. The first-order valence-corrected chi connectivity index (χ1v) is 18.8. The Balaban J connectivity index is 1.59. The average molecular weight is 821 g/mol. The van der Waals surface area contributed by atoms with Crippen molar-refractivity contribution in [2.75, 3.05) is 75.8 Å². The number of hydrogen-bond acceptors (Lipinski definition) is 16. The average Bonchev–Trinajstić information content (AvgIpc) is 3.24. The van der Waals surface area contributed by atoms with Crippen LogP contribution in [0.15, 0.2) is 65.8 Å². The van der Waals surface area contributed by atoms with Gasteiger partial charge in [-0.25, -0.2) is 0 Å². The van der Waals surface area contributed by atoms with Crippen molar-refractivity contribution in [1.82, 2.24) is 5.32 Å². The number of methoxy groups -OCH3 is 5. The van der Waals surface area contributed by atoms with E-state index in [9.17, 15) is 15.1 Å². The van der Waals surface area contributed by atoms with Crippen LogP contribution in [-0.4, -0.2) is 149 Å². The van der Waals surface area contributed by atoms with Crippen LogP contribution in [-0.2, 0) is 84.4 Å². The normalized spacial score (nSPS) is 27.1. The maximum atomic E-state index is 13.9. The van der Waals surface area contributed by atoms with E-state index >= 15 is 0 Å². The molecule has 2 aromatic carbocycles. The molecular weight excluding hydrogens is 764 g/mol. The lowest BCUT2D eigenvalue weighted by Gasteiger charge is -2.46. The molecule has 2 heterocycles. The van der Waals surface area contributed by atoms with Gasteiger partial charge < -0.3 is 66.9 Å². The number of rotatable bonds is 26. The smallest absolute Gasteiger partial charge is 0.308 e. The summed E-state index contributed by atoms with van der Waals surface area (Å²) in [5.41, 5.74) is 11.0.